The molecule has 0 N–H and O–H groups in total. The summed E-state index contributed by atoms with van der Waals surface area (Å²) in [6.45, 7) is 3.89. The van der Waals surface area contributed by atoms with Crippen molar-refractivity contribution in [2.24, 2.45) is 11.8 Å². The summed E-state index contributed by atoms with van der Waals surface area (Å²) in [5, 5.41) is 0. The lowest BCUT2D eigenvalue weighted by molar-refractivity contribution is -0.135. The van der Waals surface area contributed by atoms with Crippen LogP contribution in [0.2, 0.25) is 0 Å². The fourth-order valence-electron chi connectivity index (χ4n) is 3.91. The summed E-state index contributed by atoms with van der Waals surface area (Å²) in [5.74, 6) is 2.51. The van der Waals surface area contributed by atoms with Crippen LogP contribution in [0, 0.1) is 38.0 Å². The molecule has 2 fully saturated rings. The van der Waals surface area contributed by atoms with Crippen molar-refractivity contribution in [2.45, 2.75) is 39.0 Å². The van der Waals surface area contributed by atoms with Crippen LogP contribution in [0.1, 0.15) is 47.4 Å². The molecular formula is C18H18O2. The van der Waals surface area contributed by atoms with Gasteiger partial charge in [0.15, 0.2) is 11.6 Å². The van der Waals surface area contributed by atoms with Crippen LogP contribution in [-0.4, -0.2) is 11.6 Å². The van der Waals surface area contributed by atoms with Crippen molar-refractivity contribution in [2.75, 3.05) is 0 Å². The van der Waals surface area contributed by atoms with Crippen LogP contribution >= 0.6 is 0 Å². The molecule has 20 heavy (non-hydrogen) atoms. The molecule has 2 unspecified atom stereocenters. The highest BCUT2D eigenvalue weighted by atomic mass is 16.2. The average molecular weight is 266 g/mol. The standard InChI is InChI=1S/C18H18O2/c1-4-12-7-10(2)15(11(3)8-12)16-17(19)13-5-6-14(9-13)18(16)20/h1,7-8,13-14,16H,5-6,9H2,2-3H3. The van der Waals surface area contributed by atoms with Gasteiger partial charge in [-0.05, 0) is 61.9 Å². The molecule has 1 aromatic rings. The number of benzene rings is 1. The Hall–Kier alpha value is -1.88. The number of Topliss-reactive ketones (excluding diaryl/α,β-unsaturated/α-hetero) is 2. The Morgan fingerprint density at radius 1 is 1.05 bits per heavy atom. The molecule has 3 rings (SSSR count). The molecule has 0 heterocycles. The van der Waals surface area contributed by atoms with Crippen molar-refractivity contribution in [1.82, 2.24) is 0 Å². The molecule has 0 amide bonds. The molecule has 1 aromatic carbocycles. The smallest absolute Gasteiger partial charge is 0.150 e. The largest absolute Gasteiger partial charge is 0.298 e. The molecule has 102 valence electrons. The summed E-state index contributed by atoms with van der Waals surface area (Å²) in [7, 11) is 0. The average Bonchev–Trinajstić information content (AvgIpc) is 2.86. The highest BCUT2D eigenvalue weighted by Gasteiger charge is 2.48. The third-order valence-electron chi connectivity index (χ3n) is 4.86. The number of fused-ring (bicyclic) bond motifs is 2. The minimum absolute atomic E-state index is 0.0915. The first kappa shape index (κ1) is 13.1. The summed E-state index contributed by atoms with van der Waals surface area (Å²) in [5.41, 5.74) is 3.63. The van der Waals surface area contributed by atoms with Gasteiger partial charge < -0.3 is 0 Å². The summed E-state index contributed by atoms with van der Waals surface area (Å²) in [6.07, 6.45) is 7.98. The molecular weight excluding hydrogens is 248 g/mol. The normalized spacial score (nSPS) is 28.6. The molecule has 2 atom stereocenters. The van der Waals surface area contributed by atoms with E-state index < -0.39 is 5.92 Å². The zero-order valence-electron chi connectivity index (χ0n) is 11.9. The van der Waals surface area contributed by atoms with Crippen LogP contribution in [0.15, 0.2) is 12.1 Å². The fraction of sp³-hybridized carbons (Fsp3) is 0.444. The Morgan fingerprint density at radius 3 is 2.00 bits per heavy atom. The van der Waals surface area contributed by atoms with Crippen molar-refractivity contribution in [1.29, 1.82) is 0 Å². The first-order valence-electron chi connectivity index (χ1n) is 7.18. The first-order valence-corrected chi connectivity index (χ1v) is 7.18. The number of aryl methyl sites for hydroxylation is 2. The molecule has 2 saturated carbocycles. The van der Waals surface area contributed by atoms with Gasteiger partial charge in [0, 0.05) is 17.4 Å². The molecule has 0 spiro atoms. The lowest BCUT2D eigenvalue weighted by atomic mass is 9.73. The van der Waals surface area contributed by atoms with Gasteiger partial charge in [-0.25, -0.2) is 0 Å². The van der Waals surface area contributed by atoms with Gasteiger partial charge in [-0.1, -0.05) is 5.92 Å². The third-order valence-corrected chi connectivity index (χ3v) is 4.86. The number of terminal acetylenes is 1. The van der Waals surface area contributed by atoms with Gasteiger partial charge in [-0.15, -0.1) is 6.42 Å². The predicted molar refractivity (Wildman–Crippen MR) is 77.4 cm³/mol. The zero-order valence-corrected chi connectivity index (χ0v) is 11.9. The second kappa shape index (κ2) is 4.59. The Morgan fingerprint density at radius 2 is 1.55 bits per heavy atom. The van der Waals surface area contributed by atoms with E-state index in [2.05, 4.69) is 5.92 Å². The highest BCUT2D eigenvalue weighted by molar-refractivity contribution is 6.12. The quantitative estimate of drug-likeness (QED) is 0.578. The van der Waals surface area contributed by atoms with Gasteiger partial charge in [-0.2, -0.15) is 0 Å². The molecule has 0 aromatic heterocycles. The van der Waals surface area contributed by atoms with Crippen LogP contribution in [-0.2, 0) is 9.59 Å². The van der Waals surface area contributed by atoms with Crippen molar-refractivity contribution in [3.8, 4) is 12.3 Å². The molecule has 0 saturated heterocycles. The van der Waals surface area contributed by atoms with E-state index in [9.17, 15) is 9.59 Å². The number of ketones is 2. The maximum absolute atomic E-state index is 12.6. The Kier molecular flexibility index (Phi) is 3.01. The van der Waals surface area contributed by atoms with E-state index in [-0.39, 0.29) is 23.4 Å². The zero-order chi connectivity index (χ0) is 14.4. The number of carbonyl (C=O) groups is 2. The monoisotopic (exact) mass is 266 g/mol. The van der Waals surface area contributed by atoms with Gasteiger partial charge in [0.05, 0.1) is 0 Å². The third kappa shape index (κ3) is 1.81. The van der Waals surface area contributed by atoms with Crippen molar-refractivity contribution < 1.29 is 9.59 Å². The molecule has 2 aliphatic rings. The first-order chi connectivity index (χ1) is 9.52. The van der Waals surface area contributed by atoms with E-state index in [1.54, 1.807) is 0 Å². The van der Waals surface area contributed by atoms with Crippen LogP contribution in [0.3, 0.4) is 0 Å². The molecule has 2 heteroatoms. The SMILES string of the molecule is C#Cc1cc(C)c(C2C(=O)C3CCC(C3)C2=O)c(C)c1. The number of hydrogen-bond donors (Lipinski definition) is 0. The van der Waals surface area contributed by atoms with Crippen molar-refractivity contribution in [3.63, 3.8) is 0 Å². The lowest BCUT2D eigenvalue weighted by Gasteiger charge is -2.28. The molecule has 0 radical (unpaired) electrons. The van der Waals surface area contributed by atoms with Crippen LogP contribution < -0.4 is 0 Å². The minimum Gasteiger partial charge on any atom is -0.298 e. The minimum atomic E-state index is -0.548. The van der Waals surface area contributed by atoms with Gasteiger partial charge in [-0.3, -0.25) is 9.59 Å². The van der Waals surface area contributed by atoms with E-state index in [0.29, 0.717) is 0 Å². The van der Waals surface area contributed by atoms with E-state index in [4.69, 9.17) is 6.42 Å². The number of rotatable bonds is 1. The van der Waals surface area contributed by atoms with E-state index >= 15 is 0 Å². The van der Waals surface area contributed by atoms with Crippen molar-refractivity contribution in [3.05, 3.63) is 34.4 Å². The van der Waals surface area contributed by atoms with Gasteiger partial charge in [0.25, 0.3) is 0 Å². The Labute approximate surface area is 119 Å². The topological polar surface area (TPSA) is 34.1 Å². The predicted octanol–water partition coefficient (Wildman–Crippen LogP) is 2.94. The van der Waals surface area contributed by atoms with Gasteiger partial charge in [0.2, 0.25) is 0 Å². The molecule has 2 nitrogen and oxygen atoms in total. The van der Waals surface area contributed by atoms with E-state index in [1.807, 2.05) is 26.0 Å². The van der Waals surface area contributed by atoms with Gasteiger partial charge in [0.1, 0.15) is 5.92 Å². The summed E-state index contributed by atoms with van der Waals surface area (Å²) in [4.78, 5) is 25.2. The number of hydrogen-bond acceptors (Lipinski definition) is 2. The highest BCUT2D eigenvalue weighted by Crippen LogP contribution is 2.45. The van der Waals surface area contributed by atoms with Crippen molar-refractivity contribution >= 4 is 11.6 Å². The van der Waals surface area contributed by atoms with E-state index in [0.717, 1.165) is 41.5 Å². The van der Waals surface area contributed by atoms with Gasteiger partial charge >= 0.3 is 0 Å². The Bertz CT molecular complexity index is 603. The molecule has 2 aliphatic carbocycles. The lowest BCUT2D eigenvalue weighted by Crippen LogP contribution is -2.35. The number of carbonyl (C=O) groups excluding carboxylic acids is 2. The van der Waals surface area contributed by atoms with Crippen LogP contribution in [0.4, 0.5) is 0 Å². The summed E-state index contributed by atoms with van der Waals surface area (Å²) >= 11 is 0. The fourth-order valence-corrected chi connectivity index (χ4v) is 3.91. The molecule has 0 aliphatic heterocycles. The van der Waals surface area contributed by atoms with Crippen LogP contribution in [0.25, 0.3) is 0 Å². The summed E-state index contributed by atoms with van der Waals surface area (Å²) < 4.78 is 0. The van der Waals surface area contributed by atoms with E-state index in [1.165, 1.54) is 0 Å². The Balaban J connectivity index is 2.11. The maximum atomic E-state index is 12.6. The second-order valence-corrected chi connectivity index (χ2v) is 6.11. The second-order valence-electron chi connectivity index (χ2n) is 6.11. The summed E-state index contributed by atoms with van der Waals surface area (Å²) in [6, 6.07) is 3.80. The maximum Gasteiger partial charge on any atom is 0.150 e. The van der Waals surface area contributed by atoms with Crippen LogP contribution in [0.5, 0.6) is 0 Å². The molecule has 2 bridgehead atoms.